The molecule has 0 spiro atoms. The summed E-state index contributed by atoms with van der Waals surface area (Å²) in [6.45, 7) is 1.42. The van der Waals surface area contributed by atoms with E-state index in [1.807, 2.05) is 0 Å². The van der Waals surface area contributed by atoms with Crippen molar-refractivity contribution >= 4 is 0 Å². The zero-order valence-corrected chi connectivity index (χ0v) is 10.8. The van der Waals surface area contributed by atoms with Crippen molar-refractivity contribution < 1.29 is 18.3 Å². The Labute approximate surface area is 110 Å². The molecular formula is C14H17F2NO2. The predicted octanol–water partition coefficient (Wildman–Crippen LogP) is 2.91. The molecule has 0 aromatic heterocycles. The summed E-state index contributed by atoms with van der Waals surface area (Å²) < 4.78 is 37.9. The lowest BCUT2D eigenvalue weighted by atomic mass is 9.64. The molecule has 0 atom stereocenters. The molecule has 3 nitrogen and oxygen atoms in total. The van der Waals surface area contributed by atoms with Gasteiger partial charge in [-0.05, 0) is 25.0 Å². The van der Waals surface area contributed by atoms with Crippen molar-refractivity contribution in [2.45, 2.75) is 37.5 Å². The minimum atomic E-state index is -2.89. The Morgan fingerprint density at radius 1 is 1.32 bits per heavy atom. The molecule has 0 saturated heterocycles. The number of hydrogen-bond donors (Lipinski definition) is 1. The second-order valence-electron chi connectivity index (χ2n) is 5.48. The summed E-state index contributed by atoms with van der Waals surface area (Å²) in [6, 6.07) is 2.91. The molecule has 1 aromatic rings. The van der Waals surface area contributed by atoms with Gasteiger partial charge in [0.15, 0.2) is 11.5 Å². The Balaban J connectivity index is 2.15. The number of nitrogens with two attached hydrogens (primary N) is 1. The van der Waals surface area contributed by atoms with Crippen LogP contribution < -0.4 is 15.2 Å². The average Bonchev–Trinajstić information content (AvgIpc) is 2.74. The van der Waals surface area contributed by atoms with E-state index in [2.05, 4.69) is 0 Å². The fraction of sp³-hybridized carbons (Fsp3) is 0.571. The molecule has 19 heavy (non-hydrogen) atoms. The number of hydrogen-bond acceptors (Lipinski definition) is 3. The average molecular weight is 269 g/mol. The van der Waals surface area contributed by atoms with Gasteiger partial charge in [-0.25, -0.2) is 8.78 Å². The summed E-state index contributed by atoms with van der Waals surface area (Å²) in [6.07, 6.45) is 2.90. The molecule has 3 rings (SSSR count). The van der Waals surface area contributed by atoms with Gasteiger partial charge in [0, 0.05) is 30.0 Å². The van der Waals surface area contributed by atoms with Gasteiger partial charge in [-0.2, -0.15) is 0 Å². The highest BCUT2D eigenvalue weighted by Crippen LogP contribution is 2.51. The lowest BCUT2D eigenvalue weighted by Gasteiger charge is -2.42. The van der Waals surface area contributed by atoms with E-state index in [0.29, 0.717) is 18.0 Å². The molecule has 1 heterocycles. The van der Waals surface area contributed by atoms with Crippen LogP contribution in [0.15, 0.2) is 12.1 Å². The third-order valence-electron chi connectivity index (χ3n) is 4.25. The minimum Gasteiger partial charge on any atom is -0.454 e. The first-order valence-corrected chi connectivity index (χ1v) is 6.49. The highest BCUT2D eigenvalue weighted by atomic mass is 19.3. The molecule has 0 radical (unpaired) electrons. The molecule has 1 saturated carbocycles. The summed E-state index contributed by atoms with van der Waals surface area (Å²) in [4.78, 5) is 0. The van der Waals surface area contributed by atoms with E-state index in [4.69, 9.17) is 15.2 Å². The molecule has 1 fully saturated rings. The van der Waals surface area contributed by atoms with Gasteiger partial charge in [0.05, 0.1) is 0 Å². The number of alkyl halides is 2. The lowest BCUT2D eigenvalue weighted by molar-refractivity contribution is 0.0170. The third-order valence-corrected chi connectivity index (χ3v) is 4.25. The third kappa shape index (κ3) is 1.87. The van der Waals surface area contributed by atoms with Gasteiger partial charge in [0.2, 0.25) is 6.79 Å². The summed E-state index contributed by atoms with van der Waals surface area (Å²) in [7, 11) is 0. The standard InChI is InChI=1S/C14H17F2NO2/c1-13(15,16)9-5-10(14(7-17)3-2-4-14)12-11(6-9)18-8-19-12/h5-6H,2-4,7-8,17H2,1H3. The van der Waals surface area contributed by atoms with Gasteiger partial charge in [0.25, 0.3) is 5.92 Å². The van der Waals surface area contributed by atoms with Gasteiger partial charge in [0.1, 0.15) is 0 Å². The summed E-state index contributed by atoms with van der Waals surface area (Å²) in [5.41, 5.74) is 6.40. The number of benzene rings is 1. The van der Waals surface area contributed by atoms with Gasteiger partial charge in [-0.15, -0.1) is 0 Å². The van der Waals surface area contributed by atoms with Crippen LogP contribution in [0.3, 0.4) is 0 Å². The largest absolute Gasteiger partial charge is 0.454 e. The smallest absolute Gasteiger partial charge is 0.270 e. The summed E-state index contributed by atoms with van der Waals surface area (Å²) >= 11 is 0. The molecule has 0 bridgehead atoms. The molecule has 2 N–H and O–H groups in total. The zero-order valence-electron chi connectivity index (χ0n) is 10.8. The molecule has 0 unspecified atom stereocenters. The van der Waals surface area contributed by atoms with E-state index in [-0.39, 0.29) is 17.8 Å². The van der Waals surface area contributed by atoms with Crippen molar-refractivity contribution in [1.29, 1.82) is 0 Å². The van der Waals surface area contributed by atoms with Gasteiger partial charge in [-0.3, -0.25) is 0 Å². The van der Waals surface area contributed by atoms with E-state index >= 15 is 0 Å². The van der Waals surface area contributed by atoms with Crippen molar-refractivity contribution in [3.05, 3.63) is 23.3 Å². The van der Waals surface area contributed by atoms with E-state index in [9.17, 15) is 8.78 Å². The summed E-state index contributed by atoms with van der Waals surface area (Å²) in [5.74, 6) is -1.89. The van der Waals surface area contributed by atoms with Crippen LogP contribution in [0.5, 0.6) is 11.5 Å². The molecule has 2 aliphatic rings. The molecular weight excluding hydrogens is 252 g/mol. The number of halogens is 2. The highest BCUT2D eigenvalue weighted by molar-refractivity contribution is 5.55. The van der Waals surface area contributed by atoms with Gasteiger partial charge < -0.3 is 15.2 Å². The Morgan fingerprint density at radius 2 is 2.05 bits per heavy atom. The molecule has 0 amide bonds. The number of fused-ring (bicyclic) bond motifs is 1. The Bertz CT molecular complexity index is 501. The normalized spacial score (nSPS) is 20.2. The molecule has 104 valence electrons. The monoisotopic (exact) mass is 269 g/mol. The summed E-state index contributed by atoms with van der Waals surface area (Å²) in [5, 5.41) is 0. The quantitative estimate of drug-likeness (QED) is 0.917. The fourth-order valence-electron chi connectivity index (χ4n) is 2.84. The minimum absolute atomic E-state index is 0.0357. The van der Waals surface area contributed by atoms with Gasteiger partial charge >= 0.3 is 0 Å². The topological polar surface area (TPSA) is 44.5 Å². The predicted molar refractivity (Wildman–Crippen MR) is 66.7 cm³/mol. The van der Waals surface area contributed by atoms with E-state index in [1.54, 1.807) is 6.07 Å². The molecule has 1 aliphatic carbocycles. The maximum atomic E-state index is 13.6. The van der Waals surface area contributed by atoms with Crippen molar-refractivity contribution in [2.75, 3.05) is 13.3 Å². The Kier molecular flexibility index (Phi) is 2.71. The van der Waals surface area contributed by atoms with Crippen molar-refractivity contribution in [3.63, 3.8) is 0 Å². The van der Waals surface area contributed by atoms with Crippen molar-refractivity contribution in [2.24, 2.45) is 5.73 Å². The molecule has 5 heteroatoms. The second-order valence-corrected chi connectivity index (χ2v) is 5.48. The highest BCUT2D eigenvalue weighted by Gasteiger charge is 2.42. The zero-order chi connectivity index (χ0) is 13.7. The van der Waals surface area contributed by atoms with Crippen LogP contribution in [0, 0.1) is 0 Å². The van der Waals surface area contributed by atoms with Crippen LogP contribution >= 0.6 is 0 Å². The first-order valence-electron chi connectivity index (χ1n) is 6.49. The molecule has 1 aliphatic heterocycles. The van der Waals surface area contributed by atoms with Crippen molar-refractivity contribution in [3.8, 4) is 11.5 Å². The van der Waals surface area contributed by atoms with Crippen LogP contribution in [0.2, 0.25) is 0 Å². The maximum absolute atomic E-state index is 13.6. The van der Waals surface area contributed by atoms with Gasteiger partial charge in [-0.1, -0.05) is 6.42 Å². The second kappa shape index (κ2) is 4.07. The van der Waals surface area contributed by atoms with Crippen LogP contribution in [0.4, 0.5) is 8.78 Å². The van der Waals surface area contributed by atoms with E-state index in [0.717, 1.165) is 31.7 Å². The van der Waals surface area contributed by atoms with Crippen LogP contribution in [0.25, 0.3) is 0 Å². The van der Waals surface area contributed by atoms with Crippen LogP contribution in [-0.4, -0.2) is 13.3 Å². The van der Waals surface area contributed by atoms with E-state index in [1.165, 1.54) is 6.07 Å². The maximum Gasteiger partial charge on any atom is 0.270 e. The SMILES string of the molecule is CC(F)(F)c1cc2c(c(C3(CN)CCC3)c1)OCO2. The number of rotatable bonds is 3. The Morgan fingerprint density at radius 3 is 2.58 bits per heavy atom. The first-order chi connectivity index (χ1) is 8.96. The van der Waals surface area contributed by atoms with Crippen LogP contribution in [-0.2, 0) is 11.3 Å². The number of ether oxygens (including phenoxy) is 2. The van der Waals surface area contributed by atoms with Crippen molar-refractivity contribution in [1.82, 2.24) is 0 Å². The Hall–Kier alpha value is -1.36. The van der Waals surface area contributed by atoms with E-state index < -0.39 is 5.92 Å². The first kappa shape index (κ1) is 12.7. The lowest BCUT2D eigenvalue weighted by Crippen LogP contribution is -2.41. The molecule has 1 aromatic carbocycles. The van der Waals surface area contributed by atoms with Crippen LogP contribution in [0.1, 0.15) is 37.3 Å². The fourth-order valence-corrected chi connectivity index (χ4v) is 2.84.